The Morgan fingerprint density at radius 3 is 2.81 bits per heavy atom. The molecule has 2 N–H and O–H groups in total. The van der Waals surface area contributed by atoms with Crippen LogP contribution in [-0.4, -0.2) is 27.1 Å². The number of fused-ring (bicyclic) bond motifs is 1. The van der Waals surface area contributed by atoms with Gasteiger partial charge in [0.05, 0.1) is 6.54 Å². The van der Waals surface area contributed by atoms with Gasteiger partial charge >= 0.3 is 0 Å². The molecule has 88 valence electrons. The highest BCUT2D eigenvalue weighted by Gasteiger charge is 2.37. The first-order valence-electron chi connectivity index (χ1n) is 6.12. The second-order valence-electron chi connectivity index (χ2n) is 4.83. The van der Waals surface area contributed by atoms with Gasteiger partial charge in [0.25, 0.3) is 0 Å². The van der Waals surface area contributed by atoms with Crippen molar-refractivity contribution in [2.24, 2.45) is 5.73 Å². The maximum atomic E-state index is 5.99. The zero-order chi connectivity index (χ0) is 11.0. The van der Waals surface area contributed by atoms with E-state index < -0.39 is 0 Å². The van der Waals surface area contributed by atoms with Crippen molar-refractivity contribution in [3.05, 3.63) is 5.82 Å². The van der Waals surface area contributed by atoms with Gasteiger partial charge in [-0.05, 0) is 12.8 Å². The third-order valence-electron chi connectivity index (χ3n) is 3.85. The smallest absolute Gasteiger partial charge is 0.186 e. The molecule has 16 heavy (non-hydrogen) atoms. The predicted octanol–water partition coefficient (Wildman–Crippen LogP) is 1.54. The van der Waals surface area contributed by atoms with Crippen molar-refractivity contribution in [3.8, 4) is 0 Å². The Hall–Kier alpha value is -0.550. The molecule has 0 atom stereocenters. The van der Waals surface area contributed by atoms with Gasteiger partial charge in [-0.2, -0.15) is 5.10 Å². The number of thioether (sulfide) groups is 1. The summed E-state index contributed by atoms with van der Waals surface area (Å²) in [5, 5.41) is 5.75. The van der Waals surface area contributed by atoms with Crippen molar-refractivity contribution in [1.82, 2.24) is 14.8 Å². The molecule has 0 bridgehead atoms. The highest BCUT2D eigenvalue weighted by atomic mass is 32.2. The van der Waals surface area contributed by atoms with Crippen molar-refractivity contribution in [2.75, 3.05) is 12.3 Å². The topological polar surface area (TPSA) is 56.7 Å². The van der Waals surface area contributed by atoms with E-state index in [1.54, 1.807) is 0 Å². The van der Waals surface area contributed by atoms with E-state index in [2.05, 4.69) is 5.10 Å². The average Bonchev–Trinajstić information content (AvgIpc) is 2.90. The van der Waals surface area contributed by atoms with E-state index in [1.807, 2.05) is 16.4 Å². The minimum atomic E-state index is 0.0795. The van der Waals surface area contributed by atoms with E-state index in [4.69, 9.17) is 10.7 Å². The van der Waals surface area contributed by atoms with Crippen LogP contribution in [0.25, 0.3) is 0 Å². The monoisotopic (exact) mass is 238 g/mol. The van der Waals surface area contributed by atoms with Crippen LogP contribution in [0, 0.1) is 0 Å². The lowest BCUT2D eigenvalue weighted by molar-refractivity contribution is 0.284. The fourth-order valence-electron chi connectivity index (χ4n) is 2.78. The summed E-state index contributed by atoms with van der Waals surface area (Å²) >= 11 is 1.81. The summed E-state index contributed by atoms with van der Waals surface area (Å²) in [6.07, 6.45) is 6.21. The summed E-state index contributed by atoms with van der Waals surface area (Å²) in [4.78, 5) is 4.69. The molecule has 1 aromatic rings. The van der Waals surface area contributed by atoms with Crippen LogP contribution in [0.15, 0.2) is 5.16 Å². The van der Waals surface area contributed by atoms with Gasteiger partial charge in [-0.25, -0.2) is 9.67 Å². The number of aromatic nitrogens is 3. The summed E-state index contributed by atoms with van der Waals surface area (Å²) in [6.45, 7) is 1.70. The zero-order valence-corrected chi connectivity index (χ0v) is 10.3. The zero-order valence-electron chi connectivity index (χ0n) is 9.48. The summed E-state index contributed by atoms with van der Waals surface area (Å²) in [5.74, 6) is 2.13. The Balaban J connectivity index is 1.93. The lowest BCUT2D eigenvalue weighted by atomic mass is 9.73. The van der Waals surface area contributed by atoms with Gasteiger partial charge in [0.15, 0.2) is 11.0 Å². The van der Waals surface area contributed by atoms with Gasteiger partial charge in [-0.15, -0.1) is 0 Å². The van der Waals surface area contributed by atoms with E-state index in [9.17, 15) is 0 Å². The molecule has 5 heteroatoms. The average molecular weight is 238 g/mol. The van der Waals surface area contributed by atoms with Crippen LogP contribution in [0.2, 0.25) is 0 Å². The standard InChI is InChI=1S/C11H18N4S/c12-8-11(4-2-1-3-5-11)9-13-10-15(14-9)6-7-16-10/h1-8,12H2. The molecule has 2 heterocycles. The fraction of sp³-hybridized carbons (Fsp3) is 0.818. The first kappa shape index (κ1) is 10.6. The molecule has 0 amide bonds. The van der Waals surface area contributed by atoms with Gasteiger partial charge in [0.2, 0.25) is 0 Å². The largest absolute Gasteiger partial charge is 0.329 e. The third-order valence-corrected chi connectivity index (χ3v) is 4.79. The van der Waals surface area contributed by atoms with E-state index >= 15 is 0 Å². The predicted molar refractivity (Wildman–Crippen MR) is 64.6 cm³/mol. The molecule has 1 fully saturated rings. The number of hydrogen-bond donors (Lipinski definition) is 1. The van der Waals surface area contributed by atoms with Crippen molar-refractivity contribution >= 4 is 11.8 Å². The van der Waals surface area contributed by atoms with E-state index in [-0.39, 0.29) is 5.41 Å². The molecule has 1 saturated carbocycles. The van der Waals surface area contributed by atoms with Gasteiger partial charge in [0, 0.05) is 17.7 Å². The quantitative estimate of drug-likeness (QED) is 0.849. The molecule has 1 aliphatic carbocycles. The first-order valence-corrected chi connectivity index (χ1v) is 7.11. The van der Waals surface area contributed by atoms with Crippen LogP contribution >= 0.6 is 11.8 Å². The van der Waals surface area contributed by atoms with Crippen LogP contribution < -0.4 is 5.73 Å². The minimum absolute atomic E-state index is 0.0795. The molecule has 0 spiro atoms. The van der Waals surface area contributed by atoms with Gasteiger partial charge in [-0.1, -0.05) is 31.0 Å². The molecule has 4 nitrogen and oxygen atoms in total. The molecule has 0 aromatic carbocycles. The van der Waals surface area contributed by atoms with Crippen molar-refractivity contribution in [2.45, 2.75) is 49.2 Å². The summed E-state index contributed by atoms with van der Waals surface area (Å²) < 4.78 is 2.05. The molecule has 1 aliphatic heterocycles. The normalized spacial score (nSPS) is 23.3. The molecule has 2 aliphatic rings. The highest BCUT2D eigenvalue weighted by Crippen LogP contribution is 2.38. The van der Waals surface area contributed by atoms with Crippen molar-refractivity contribution in [1.29, 1.82) is 0 Å². The molecular weight excluding hydrogens is 220 g/mol. The SMILES string of the molecule is NCC1(c2nc3n(n2)CCS3)CCCCC1. The van der Waals surface area contributed by atoms with Crippen LogP contribution in [0.3, 0.4) is 0 Å². The van der Waals surface area contributed by atoms with Crippen LogP contribution in [0.1, 0.15) is 37.9 Å². The lowest BCUT2D eigenvalue weighted by Gasteiger charge is -2.33. The second kappa shape index (κ2) is 4.04. The lowest BCUT2D eigenvalue weighted by Crippen LogP contribution is -2.38. The van der Waals surface area contributed by atoms with Crippen LogP contribution in [-0.2, 0) is 12.0 Å². The summed E-state index contributed by atoms with van der Waals surface area (Å²) in [6, 6.07) is 0. The van der Waals surface area contributed by atoms with Gasteiger partial charge in [-0.3, -0.25) is 0 Å². The fourth-order valence-corrected chi connectivity index (χ4v) is 3.65. The van der Waals surface area contributed by atoms with Gasteiger partial charge < -0.3 is 5.73 Å². The number of rotatable bonds is 2. The first-order chi connectivity index (χ1) is 7.84. The molecular formula is C11H18N4S. The van der Waals surface area contributed by atoms with E-state index in [0.717, 1.165) is 36.1 Å². The Kier molecular flexibility index (Phi) is 2.67. The van der Waals surface area contributed by atoms with Crippen LogP contribution in [0.4, 0.5) is 0 Å². The maximum Gasteiger partial charge on any atom is 0.186 e. The Labute approximate surface area is 100.0 Å². The van der Waals surface area contributed by atoms with E-state index in [0.29, 0.717) is 6.54 Å². The summed E-state index contributed by atoms with van der Waals surface area (Å²) in [5.41, 5.74) is 6.07. The second-order valence-corrected chi connectivity index (χ2v) is 5.90. The summed E-state index contributed by atoms with van der Waals surface area (Å²) in [7, 11) is 0. The number of aryl methyl sites for hydroxylation is 1. The molecule has 3 rings (SSSR count). The van der Waals surface area contributed by atoms with Crippen molar-refractivity contribution in [3.63, 3.8) is 0 Å². The third kappa shape index (κ3) is 1.57. The number of hydrogen-bond acceptors (Lipinski definition) is 4. The minimum Gasteiger partial charge on any atom is -0.329 e. The van der Waals surface area contributed by atoms with E-state index in [1.165, 1.54) is 19.3 Å². The maximum absolute atomic E-state index is 5.99. The molecule has 0 radical (unpaired) electrons. The number of nitrogens with two attached hydrogens (primary N) is 1. The number of nitrogens with zero attached hydrogens (tertiary/aromatic N) is 3. The highest BCUT2D eigenvalue weighted by molar-refractivity contribution is 7.99. The Bertz CT molecular complexity index is 360. The molecule has 0 unspecified atom stereocenters. The van der Waals surface area contributed by atoms with Gasteiger partial charge in [0.1, 0.15) is 0 Å². The Morgan fingerprint density at radius 1 is 1.31 bits per heavy atom. The van der Waals surface area contributed by atoms with Crippen molar-refractivity contribution < 1.29 is 0 Å². The van der Waals surface area contributed by atoms with Crippen LogP contribution in [0.5, 0.6) is 0 Å². The molecule has 1 aromatic heterocycles. The molecule has 0 saturated heterocycles. The Morgan fingerprint density at radius 2 is 2.12 bits per heavy atom.